The van der Waals surface area contributed by atoms with Gasteiger partial charge in [-0.3, -0.25) is 0 Å². The zero-order valence-corrected chi connectivity index (χ0v) is 20.9. The molecule has 3 aromatic carbocycles. The zero-order chi connectivity index (χ0) is 26.1. The van der Waals surface area contributed by atoms with Crippen LogP contribution in [-0.4, -0.2) is 21.3 Å². The van der Waals surface area contributed by atoms with E-state index in [1.54, 1.807) is 18.2 Å². The molecule has 0 atom stereocenters. The third-order valence-corrected chi connectivity index (χ3v) is 6.52. The van der Waals surface area contributed by atoms with Gasteiger partial charge in [-0.2, -0.15) is 5.26 Å². The van der Waals surface area contributed by atoms with Crippen molar-refractivity contribution in [2.75, 3.05) is 0 Å². The number of phenols is 2. The van der Waals surface area contributed by atoms with E-state index in [4.69, 9.17) is 15.1 Å². The van der Waals surface area contributed by atoms with E-state index in [1.165, 1.54) is 0 Å². The van der Waals surface area contributed by atoms with E-state index in [0.717, 1.165) is 45.2 Å². The third kappa shape index (κ3) is 4.30. The second-order valence-corrected chi connectivity index (χ2v) is 9.48. The summed E-state index contributed by atoms with van der Waals surface area (Å²) in [6.07, 6.45) is 0.750. The van der Waals surface area contributed by atoms with E-state index >= 15 is 0 Å². The molecule has 4 rings (SSSR count). The van der Waals surface area contributed by atoms with E-state index in [2.05, 4.69) is 0 Å². The highest BCUT2D eigenvalue weighted by Crippen LogP contribution is 2.51. The number of aromatic hydroxyl groups is 2. The maximum Gasteiger partial charge on any atom is 0.340 e. The van der Waals surface area contributed by atoms with Crippen LogP contribution in [0.3, 0.4) is 0 Å². The third-order valence-electron chi connectivity index (χ3n) is 6.52. The Balaban J connectivity index is 0.00000108. The number of benzene rings is 3. The SMILES string of the molecule is Cc1cc(O)c(C(C)C)cc1C1(c2cc(C(C)C)c(O)cc2C)OC(=O)c2ccccc21.N#CO. The zero-order valence-electron chi connectivity index (χ0n) is 20.9. The van der Waals surface area contributed by atoms with Crippen molar-refractivity contribution in [1.82, 2.24) is 0 Å². The molecule has 6 heteroatoms. The highest BCUT2D eigenvalue weighted by atomic mass is 16.6. The molecule has 0 aliphatic carbocycles. The number of hydrogen-bond acceptors (Lipinski definition) is 6. The van der Waals surface area contributed by atoms with Gasteiger partial charge in [0.2, 0.25) is 0 Å². The van der Waals surface area contributed by atoms with E-state index in [-0.39, 0.29) is 29.3 Å². The highest BCUT2D eigenvalue weighted by Gasteiger charge is 2.50. The number of ether oxygens (including phenoxy) is 1. The minimum Gasteiger partial charge on any atom is -0.508 e. The Hall–Kier alpha value is -3.98. The minimum absolute atomic E-state index is 0.0888. The Morgan fingerprint density at radius 2 is 1.26 bits per heavy atom. The Kier molecular flexibility index (Phi) is 7.11. The lowest BCUT2D eigenvalue weighted by atomic mass is 9.74. The molecule has 0 amide bonds. The largest absolute Gasteiger partial charge is 0.508 e. The van der Waals surface area contributed by atoms with Crippen LogP contribution in [0.15, 0.2) is 48.5 Å². The molecular weight excluding hydrogens is 442 g/mol. The van der Waals surface area contributed by atoms with Gasteiger partial charge in [0.05, 0.1) is 5.56 Å². The van der Waals surface area contributed by atoms with Crippen molar-refractivity contribution in [2.45, 2.75) is 59.0 Å². The summed E-state index contributed by atoms with van der Waals surface area (Å²) in [5.41, 5.74) is 5.03. The highest BCUT2D eigenvalue weighted by molar-refractivity contribution is 5.96. The van der Waals surface area contributed by atoms with E-state index in [0.29, 0.717) is 5.56 Å². The van der Waals surface area contributed by atoms with Crippen LogP contribution in [0, 0.1) is 25.4 Å². The van der Waals surface area contributed by atoms with Crippen LogP contribution >= 0.6 is 0 Å². The number of carbonyl (C=O) groups excluding carboxylic acids is 1. The molecule has 1 aliphatic rings. The average Bonchev–Trinajstić information content (AvgIpc) is 3.07. The summed E-state index contributed by atoms with van der Waals surface area (Å²) in [4.78, 5) is 13.1. The van der Waals surface area contributed by atoms with Gasteiger partial charge in [-0.25, -0.2) is 4.79 Å². The average molecular weight is 474 g/mol. The molecule has 0 radical (unpaired) electrons. The van der Waals surface area contributed by atoms with Crippen LogP contribution in [-0.2, 0) is 10.3 Å². The molecule has 0 unspecified atom stereocenters. The number of fused-ring (bicyclic) bond motifs is 1. The van der Waals surface area contributed by atoms with Gasteiger partial charge in [-0.15, -0.1) is 0 Å². The number of cyclic esters (lactones) is 1. The van der Waals surface area contributed by atoms with Gasteiger partial charge in [-0.05, 0) is 78.3 Å². The number of carbonyl (C=O) groups is 1. The predicted molar refractivity (Wildman–Crippen MR) is 133 cm³/mol. The Morgan fingerprint density at radius 3 is 1.69 bits per heavy atom. The number of rotatable bonds is 4. The molecule has 3 N–H and O–H groups in total. The smallest absolute Gasteiger partial charge is 0.340 e. The molecule has 0 aromatic heterocycles. The summed E-state index contributed by atoms with van der Waals surface area (Å²) in [6, 6.07) is 14.9. The van der Waals surface area contributed by atoms with Crippen LogP contribution in [0.25, 0.3) is 0 Å². The lowest BCUT2D eigenvalue weighted by Gasteiger charge is -2.34. The molecule has 182 valence electrons. The van der Waals surface area contributed by atoms with Gasteiger partial charge >= 0.3 is 5.97 Å². The van der Waals surface area contributed by atoms with Crippen LogP contribution in [0.1, 0.15) is 88.8 Å². The summed E-state index contributed by atoms with van der Waals surface area (Å²) in [7, 11) is 0. The molecule has 6 nitrogen and oxygen atoms in total. The summed E-state index contributed by atoms with van der Waals surface area (Å²) < 4.78 is 6.30. The van der Waals surface area contributed by atoms with Gasteiger partial charge in [0, 0.05) is 16.7 Å². The number of esters is 1. The van der Waals surface area contributed by atoms with Gasteiger partial charge in [0.25, 0.3) is 6.26 Å². The fourth-order valence-corrected chi connectivity index (χ4v) is 4.86. The molecule has 3 aromatic rings. The van der Waals surface area contributed by atoms with Crippen molar-refractivity contribution in [3.63, 3.8) is 0 Å². The van der Waals surface area contributed by atoms with Crippen LogP contribution in [0.2, 0.25) is 0 Å². The molecular formula is C29H31NO5. The summed E-state index contributed by atoms with van der Waals surface area (Å²) in [5, 5.41) is 34.9. The van der Waals surface area contributed by atoms with Crippen LogP contribution in [0.4, 0.5) is 0 Å². The first kappa shape index (κ1) is 25.6. The van der Waals surface area contributed by atoms with Crippen LogP contribution < -0.4 is 0 Å². The maximum atomic E-state index is 13.1. The van der Waals surface area contributed by atoms with Crippen molar-refractivity contribution in [1.29, 1.82) is 5.26 Å². The van der Waals surface area contributed by atoms with Crippen molar-refractivity contribution in [3.8, 4) is 17.8 Å². The summed E-state index contributed by atoms with van der Waals surface area (Å²) in [5.74, 6) is 0.271. The standard InChI is InChI=1S/C28H30O4.CHNO/c1-15(2)20-13-23(17(5)11-25(20)29)28(22-10-8-7-9-19(22)27(31)32-28)24-14-21(16(3)4)26(30)12-18(24)6;2-1-3/h7-16,29-30H,1-6H3;3H. The first-order valence-electron chi connectivity index (χ1n) is 11.5. The molecule has 0 saturated heterocycles. The fraction of sp³-hybridized carbons (Fsp3) is 0.310. The quantitative estimate of drug-likeness (QED) is 0.304. The predicted octanol–water partition coefficient (Wildman–Crippen LogP) is 6.26. The number of aliphatic hydroxyl groups excluding tert-OH is 1. The second-order valence-electron chi connectivity index (χ2n) is 9.48. The Morgan fingerprint density at radius 1 is 0.829 bits per heavy atom. The molecule has 1 heterocycles. The van der Waals surface area contributed by atoms with Crippen molar-refractivity contribution in [3.05, 3.63) is 93.0 Å². The lowest BCUT2D eigenvalue weighted by molar-refractivity contribution is 0.0247. The minimum atomic E-state index is -1.17. The second kappa shape index (κ2) is 9.71. The Bertz CT molecular complexity index is 1250. The number of aryl methyl sites for hydroxylation is 2. The van der Waals surface area contributed by atoms with E-state index < -0.39 is 5.60 Å². The van der Waals surface area contributed by atoms with E-state index in [1.807, 2.05) is 71.9 Å². The number of hydrogen-bond donors (Lipinski definition) is 3. The maximum absolute atomic E-state index is 13.1. The summed E-state index contributed by atoms with van der Waals surface area (Å²) >= 11 is 0. The Labute approximate surface area is 206 Å². The summed E-state index contributed by atoms with van der Waals surface area (Å²) in [6.45, 7) is 12.0. The molecule has 0 fully saturated rings. The molecule has 0 saturated carbocycles. The molecule has 1 aliphatic heterocycles. The van der Waals surface area contributed by atoms with Crippen molar-refractivity contribution in [2.24, 2.45) is 0 Å². The van der Waals surface area contributed by atoms with Gasteiger partial charge in [-0.1, -0.05) is 45.9 Å². The van der Waals surface area contributed by atoms with Gasteiger partial charge in [0.1, 0.15) is 11.5 Å². The number of aliphatic hydroxyl groups is 1. The van der Waals surface area contributed by atoms with Crippen molar-refractivity contribution >= 4 is 5.97 Å². The van der Waals surface area contributed by atoms with Gasteiger partial charge in [0.15, 0.2) is 5.60 Å². The van der Waals surface area contributed by atoms with Crippen molar-refractivity contribution < 1.29 is 24.9 Å². The molecule has 0 spiro atoms. The topological polar surface area (TPSA) is 111 Å². The number of phenolic OH excluding ortho intramolecular Hbond substituents is 2. The van der Waals surface area contributed by atoms with Crippen LogP contribution in [0.5, 0.6) is 11.5 Å². The van der Waals surface area contributed by atoms with E-state index in [9.17, 15) is 15.0 Å². The first-order valence-corrected chi connectivity index (χ1v) is 11.5. The molecule has 35 heavy (non-hydrogen) atoms. The number of nitrogens with zero attached hydrogens (tertiary/aromatic N) is 1. The normalized spacial score (nSPS) is 13.6. The first-order chi connectivity index (χ1) is 16.5. The molecule has 0 bridgehead atoms. The number of nitriles is 1. The monoisotopic (exact) mass is 473 g/mol. The fourth-order valence-electron chi connectivity index (χ4n) is 4.86. The lowest BCUT2D eigenvalue weighted by Crippen LogP contribution is -2.32. The van der Waals surface area contributed by atoms with Gasteiger partial charge < -0.3 is 20.1 Å².